The molecule has 0 saturated heterocycles. The molecular weight excluding hydrogens is 264 g/mol. The molecule has 2 aromatic heterocycles. The fourth-order valence-electron chi connectivity index (χ4n) is 1.63. The molecule has 0 radical (unpaired) electrons. The summed E-state index contributed by atoms with van der Waals surface area (Å²) < 4.78 is 1.22. The maximum absolute atomic E-state index is 11.0. The lowest BCUT2D eigenvalue weighted by Crippen LogP contribution is -2.07. The third-order valence-electron chi connectivity index (χ3n) is 2.51. The Morgan fingerprint density at radius 3 is 2.79 bits per heavy atom. The van der Waals surface area contributed by atoms with Gasteiger partial charge in [-0.1, -0.05) is 35.5 Å². The minimum Gasteiger partial charge on any atom is -0.476 e. The number of carboxylic acid groups (broad SMARTS) is 1. The van der Waals surface area contributed by atoms with Crippen molar-refractivity contribution in [1.29, 1.82) is 0 Å². The summed E-state index contributed by atoms with van der Waals surface area (Å²) in [5.74, 6) is -1.08. The number of hydrogen-bond donors (Lipinski definition) is 1. The predicted octanol–water partition coefficient (Wildman–Crippen LogP) is 2.09. The molecule has 0 aliphatic carbocycles. The van der Waals surface area contributed by atoms with Crippen molar-refractivity contribution in [2.75, 3.05) is 0 Å². The molecule has 6 nitrogen and oxygen atoms in total. The molecule has 0 bridgehead atoms. The molecule has 0 atom stereocenters. The van der Waals surface area contributed by atoms with E-state index in [0.717, 1.165) is 11.3 Å². The van der Waals surface area contributed by atoms with E-state index in [1.54, 1.807) is 0 Å². The minimum atomic E-state index is -1.08. The molecule has 2 heterocycles. The third kappa shape index (κ3) is 2.11. The fourth-order valence-corrected chi connectivity index (χ4v) is 2.42. The summed E-state index contributed by atoms with van der Waals surface area (Å²) >= 11 is 1.32. The van der Waals surface area contributed by atoms with E-state index in [9.17, 15) is 4.79 Å². The molecule has 1 aromatic carbocycles. The Morgan fingerprint density at radius 1 is 1.26 bits per heavy atom. The van der Waals surface area contributed by atoms with Crippen LogP contribution in [0.25, 0.3) is 16.4 Å². The van der Waals surface area contributed by atoms with Crippen LogP contribution in [0.15, 0.2) is 41.9 Å². The van der Waals surface area contributed by atoms with Gasteiger partial charge >= 0.3 is 5.97 Å². The van der Waals surface area contributed by atoms with Crippen LogP contribution in [0, 0.1) is 0 Å². The van der Waals surface area contributed by atoms with E-state index in [1.165, 1.54) is 22.2 Å². The zero-order valence-electron chi connectivity index (χ0n) is 9.59. The van der Waals surface area contributed by atoms with Crippen LogP contribution in [-0.4, -0.2) is 31.1 Å². The molecular formula is C12H8N4O2S. The SMILES string of the molecule is O=C(O)c1cnnn1-c1nc(-c2ccccc2)cs1. The van der Waals surface area contributed by atoms with Gasteiger partial charge in [-0.05, 0) is 0 Å². The monoisotopic (exact) mass is 272 g/mol. The van der Waals surface area contributed by atoms with Gasteiger partial charge in [0.05, 0.1) is 11.9 Å². The first-order valence-electron chi connectivity index (χ1n) is 5.41. The average molecular weight is 272 g/mol. The van der Waals surface area contributed by atoms with Gasteiger partial charge in [-0.25, -0.2) is 9.78 Å². The van der Waals surface area contributed by atoms with Crippen molar-refractivity contribution in [3.8, 4) is 16.4 Å². The molecule has 19 heavy (non-hydrogen) atoms. The summed E-state index contributed by atoms with van der Waals surface area (Å²) in [5, 5.41) is 18.7. The van der Waals surface area contributed by atoms with Gasteiger partial charge in [-0.15, -0.1) is 16.4 Å². The highest BCUT2D eigenvalue weighted by molar-refractivity contribution is 7.12. The van der Waals surface area contributed by atoms with E-state index in [-0.39, 0.29) is 5.69 Å². The van der Waals surface area contributed by atoms with E-state index in [0.29, 0.717) is 5.13 Å². The molecule has 0 amide bonds. The normalized spacial score (nSPS) is 10.5. The molecule has 3 rings (SSSR count). The highest BCUT2D eigenvalue weighted by atomic mass is 32.1. The van der Waals surface area contributed by atoms with Crippen LogP contribution < -0.4 is 0 Å². The smallest absolute Gasteiger partial charge is 0.356 e. The maximum Gasteiger partial charge on any atom is 0.356 e. The topological polar surface area (TPSA) is 80.9 Å². The Balaban J connectivity index is 2.02. The first-order valence-corrected chi connectivity index (χ1v) is 6.29. The highest BCUT2D eigenvalue weighted by Crippen LogP contribution is 2.23. The molecule has 0 fully saturated rings. The Kier molecular flexibility index (Phi) is 2.81. The Hall–Kier alpha value is -2.54. The number of aromatic nitrogens is 4. The minimum absolute atomic E-state index is 0.00559. The fraction of sp³-hybridized carbons (Fsp3) is 0. The molecule has 94 valence electrons. The van der Waals surface area contributed by atoms with Crippen molar-refractivity contribution in [2.45, 2.75) is 0 Å². The van der Waals surface area contributed by atoms with Crippen molar-refractivity contribution in [3.63, 3.8) is 0 Å². The average Bonchev–Trinajstić information content (AvgIpc) is 3.08. The number of thiazole rings is 1. The molecule has 3 aromatic rings. The van der Waals surface area contributed by atoms with Gasteiger partial charge in [0.2, 0.25) is 5.13 Å². The first kappa shape index (κ1) is 11.5. The van der Waals surface area contributed by atoms with Crippen molar-refractivity contribution in [2.24, 2.45) is 0 Å². The van der Waals surface area contributed by atoms with Gasteiger partial charge < -0.3 is 5.11 Å². The van der Waals surface area contributed by atoms with E-state index in [1.807, 2.05) is 35.7 Å². The first-order chi connectivity index (χ1) is 9.25. The molecule has 0 unspecified atom stereocenters. The Labute approximate surface area is 112 Å². The molecule has 0 spiro atoms. The lowest BCUT2D eigenvalue weighted by atomic mass is 10.2. The van der Waals surface area contributed by atoms with Crippen molar-refractivity contribution in [3.05, 3.63) is 47.6 Å². The molecule has 0 aliphatic rings. The zero-order valence-corrected chi connectivity index (χ0v) is 10.4. The van der Waals surface area contributed by atoms with Gasteiger partial charge in [0.1, 0.15) is 0 Å². The quantitative estimate of drug-likeness (QED) is 0.789. The van der Waals surface area contributed by atoms with Gasteiger partial charge in [-0.2, -0.15) is 4.68 Å². The summed E-state index contributed by atoms with van der Waals surface area (Å²) in [6.45, 7) is 0. The number of hydrogen-bond acceptors (Lipinski definition) is 5. The number of aromatic carboxylic acids is 1. The predicted molar refractivity (Wildman–Crippen MR) is 69.4 cm³/mol. The second-order valence-corrected chi connectivity index (χ2v) is 4.55. The highest BCUT2D eigenvalue weighted by Gasteiger charge is 2.16. The molecule has 0 aliphatic heterocycles. The van der Waals surface area contributed by atoms with Crippen LogP contribution in [-0.2, 0) is 0 Å². The number of nitrogens with zero attached hydrogens (tertiary/aromatic N) is 4. The lowest BCUT2D eigenvalue weighted by Gasteiger charge is -1.97. The van der Waals surface area contributed by atoms with Crippen LogP contribution in [0.2, 0.25) is 0 Å². The Bertz CT molecular complexity index is 720. The number of benzene rings is 1. The van der Waals surface area contributed by atoms with Crippen LogP contribution >= 0.6 is 11.3 Å². The molecule has 1 N–H and O–H groups in total. The molecule has 0 saturated carbocycles. The zero-order chi connectivity index (χ0) is 13.2. The van der Waals surface area contributed by atoms with Crippen LogP contribution in [0.5, 0.6) is 0 Å². The van der Waals surface area contributed by atoms with E-state index in [4.69, 9.17) is 5.11 Å². The molecule has 7 heteroatoms. The van der Waals surface area contributed by atoms with E-state index in [2.05, 4.69) is 15.3 Å². The van der Waals surface area contributed by atoms with Crippen molar-refractivity contribution < 1.29 is 9.90 Å². The van der Waals surface area contributed by atoms with Gasteiger partial charge in [0.15, 0.2) is 5.69 Å². The number of carboxylic acids is 1. The third-order valence-corrected chi connectivity index (χ3v) is 3.33. The lowest BCUT2D eigenvalue weighted by molar-refractivity contribution is 0.0687. The Morgan fingerprint density at radius 2 is 2.05 bits per heavy atom. The van der Waals surface area contributed by atoms with Gasteiger partial charge in [0, 0.05) is 10.9 Å². The summed E-state index contributed by atoms with van der Waals surface area (Å²) in [5.41, 5.74) is 1.75. The summed E-state index contributed by atoms with van der Waals surface area (Å²) in [6, 6.07) is 9.66. The largest absolute Gasteiger partial charge is 0.476 e. The maximum atomic E-state index is 11.0. The standard InChI is InChI=1S/C12H8N4O2S/c17-11(18)10-6-13-15-16(10)12-14-9(7-19-12)8-4-2-1-3-5-8/h1-7H,(H,17,18). The van der Waals surface area contributed by atoms with Crippen molar-refractivity contribution >= 4 is 17.3 Å². The number of carbonyl (C=O) groups is 1. The van der Waals surface area contributed by atoms with Crippen LogP contribution in [0.3, 0.4) is 0 Å². The van der Waals surface area contributed by atoms with Crippen LogP contribution in [0.4, 0.5) is 0 Å². The van der Waals surface area contributed by atoms with Crippen LogP contribution in [0.1, 0.15) is 10.5 Å². The summed E-state index contributed by atoms with van der Waals surface area (Å²) in [6.07, 6.45) is 1.20. The van der Waals surface area contributed by atoms with Gasteiger partial charge in [0.25, 0.3) is 0 Å². The van der Waals surface area contributed by atoms with E-state index >= 15 is 0 Å². The summed E-state index contributed by atoms with van der Waals surface area (Å²) in [4.78, 5) is 15.4. The summed E-state index contributed by atoms with van der Waals surface area (Å²) in [7, 11) is 0. The van der Waals surface area contributed by atoms with Gasteiger partial charge in [-0.3, -0.25) is 0 Å². The second-order valence-electron chi connectivity index (χ2n) is 3.72. The van der Waals surface area contributed by atoms with E-state index < -0.39 is 5.97 Å². The number of rotatable bonds is 3. The second kappa shape index (κ2) is 4.62. The van der Waals surface area contributed by atoms with Crippen molar-refractivity contribution in [1.82, 2.24) is 20.0 Å².